The van der Waals surface area contributed by atoms with Crippen LogP contribution in [0.3, 0.4) is 0 Å². The topological polar surface area (TPSA) is 75.6 Å². The molecule has 0 aromatic rings. The van der Waals surface area contributed by atoms with Crippen molar-refractivity contribution in [3.63, 3.8) is 0 Å². The van der Waals surface area contributed by atoms with Crippen molar-refractivity contribution in [2.24, 2.45) is 11.8 Å². The Balaban J connectivity index is 2.26. The van der Waals surface area contributed by atoms with E-state index in [1.807, 2.05) is 0 Å². The van der Waals surface area contributed by atoms with E-state index in [0.717, 1.165) is 6.42 Å². The number of likely N-dealkylation sites (tertiary alicyclic amines) is 1. The van der Waals surface area contributed by atoms with Gasteiger partial charge >= 0.3 is 0 Å². The van der Waals surface area contributed by atoms with Gasteiger partial charge in [-0.3, -0.25) is 4.79 Å². The van der Waals surface area contributed by atoms with Crippen LogP contribution in [0.4, 0.5) is 0 Å². The molecule has 3 N–H and O–H groups in total. The molecule has 1 amide bonds. The average molecular weight is 311 g/mol. The number of quaternary nitrogens is 1. The highest BCUT2D eigenvalue weighted by atomic mass is 16.7. The van der Waals surface area contributed by atoms with E-state index < -0.39 is 5.79 Å². The van der Waals surface area contributed by atoms with E-state index in [1.54, 1.807) is 19.1 Å². The van der Waals surface area contributed by atoms with Crippen LogP contribution >= 0.6 is 0 Å². The molecule has 6 nitrogen and oxygen atoms in total. The molecule has 0 aromatic heterocycles. The normalized spacial score (nSPS) is 31.1. The Labute approximate surface area is 132 Å². The maximum atomic E-state index is 12.8. The molecule has 124 valence electrons. The number of fused-ring (bicyclic) bond motifs is 1. The molecule has 2 fully saturated rings. The van der Waals surface area contributed by atoms with Crippen molar-refractivity contribution in [2.45, 2.75) is 44.2 Å². The summed E-state index contributed by atoms with van der Waals surface area (Å²) in [5.41, 5.74) is 4.02. The van der Waals surface area contributed by atoms with Crippen LogP contribution in [0.1, 0.15) is 20.3 Å². The third-order valence-electron chi connectivity index (χ3n) is 4.66. The number of carbonyl (C=O) groups is 1. The van der Waals surface area contributed by atoms with Gasteiger partial charge in [0.05, 0.1) is 12.0 Å². The smallest absolute Gasteiger partial charge is 0.281 e. The van der Waals surface area contributed by atoms with E-state index in [4.69, 9.17) is 20.6 Å². The van der Waals surface area contributed by atoms with Crippen LogP contribution in [0.5, 0.6) is 0 Å². The molecule has 2 saturated heterocycles. The van der Waals surface area contributed by atoms with Gasteiger partial charge in [0.15, 0.2) is 6.04 Å². The SMILES string of the molecule is C#CC1CN(C(=O)C([NH3+])CC(C)C)[C@H]2C1OCC2(OC)OC. The zero-order valence-electron chi connectivity index (χ0n) is 13.9. The van der Waals surface area contributed by atoms with E-state index in [9.17, 15) is 4.79 Å². The Kier molecular flexibility index (Phi) is 5.13. The first-order chi connectivity index (χ1) is 10.4. The molecule has 2 heterocycles. The van der Waals surface area contributed by atoms with Crippen molar-refractivity contribution in [3.05, 3.63) is 0 Å². The number of amides is 1. The Hall–Kier alpha value is -1.13. The molecular weight excluding hydrogens is 284 g/mol. The van der Waals surface area contributed by atoms with Gasteiger partial charge < -0.3 is 24.8 Å². The predicted molar refractivity (Wildman–Crippen MR) is 80.4 cm³/mol. The number of hydrogen-bond acceptors (Lipinski definition) is 4. The number of ether oxygens (including phenoxy) is 3. The highest BCUT2D eigenvalue weighted by Crippen LogP contribution is 2.41. The van der Waals surface area contributed by atoms with Crippen LogP contribution < -0.4 is 5.73 Å². The summed E-state index contributed by atoms with van der Waals surface area (Å²) in [6, 6.07) is -0.628. The summed E-state index contributed by atoms with van der Waals surface area (Å²) in [7, 11) is 3.13. The predicted octanol–water partition coefficient (Wildman–Crippen LogP) is -0.509. The first-order valence-corrected chi connectivity index (χ1v) is 7.71. The molecule has 0 aliphatic carbocycles. The summed E-state index contributed by atoms with van der Waals surface area (Å²) < 4.78 is 16.9. The maximum absolute atomic E-state index is 12.8. The summed E-state index contributed by atoms with van der Waals surface area (Å²) in [5.74, 6) is 2.03. The van der Waals surface area contributed by atoms with Gasteiger partial charge in [-0.15, -0.1) is 6.42 Å². The second-order valence-electron chi connectivity index (χ2n) is 6.53. The number of methoxy groups -OCH3 is 2. The minimum Gasteiger partial charge on any atom is -0.369 e. The van der Waals surface area contributed by atoms with Crippen LogP contribution in [0.25, 0.3) is 0 Å². The number of rotatable bonds is 5. The second kappa shape index (κ2) is 6.55. The second-order valence-corrected chi connectivity index (χ2v) is 6.53. The van der Waals surface area contributed by atoms with Gasteiger partial charge in [-0.1, -0.05) is 19.8 Å². The van der Waals surface area contributed by atoms with Crippen molar-refractivity contribution in [1.82, 2.24) is 4.90 Å². The van der Waals surface area contributed by atoms with Crippen molar-refractivity contribution < 1.29 is 24.7 Å². The summed E-state index contributed by atoms with van der Waals surface area (Å²) in [6.45, 7) is 4.89. The van der Waals surface area contributed by atoms with E-state index in [-0.39, 0.29) is 36.6 Å². The van der Waals surface area contributed by atoms with Gasteiger partial charge in [-0.25, -0.2) is 0 Å². The van der Waals surface area contributed by atoms with Gasteiger partial charge in [0.25, 0.3) is 5.91 Å². The fourth-order valence-electron chi connectivity index (χ4n) is 3.54. The molecule has 2 rings (SSSR count). The number of carbonyl (C=O) groups excluding carboxylic acids is 1. The van der Waals surface area contributed by atoms with Crippen molar-refractivity contribution >= 4 is 5.91 Å². The molecular formula is C16H27N2O4+. The largest absolute Gasteiger partial charge is 0.369 e. The Morgan fingerprint density at radius 2 is 2.14 bits per heavy atom. The van der Waals surface area contributed by atoms with Crippen LogP contribution in [-0.2, 0) is 19.0 Å². The molecule has 6 heteroatoms. The molecule has 2 aliphatic rings. The Morgan fingerprint density at radius 1 is 1.50 bits per heavy atom. The summed E-state index contributed by atoms with van der Waals surface area (Å²) in [5, 5.41) is 0. The third-order valence-corrected chi connectivity index (χ3v) is 4.66. The first kappa shape index (κ1) is 17.2. The minimum absolute atomic E-state index is 0.00887. The lowest BCUT2D eigenvalue weighted by Crippen LogP contribution is -2.70. The lowest BCUT2D eigenvalue weighted by molar-refractivity contribution is -0.409. The van der Waals surface area contributed by atoms with Crippen LogP contribution in [0.15, 0.2) is 0 Å². The monoisotopic (exact) mass is 311 g/mol. The maximum Gasteiger partial charge on any atom is 0.281 e. The summed E-state index contributed by atoms with van der Waals surface area (Å²) >= 11 is 0. The van der Waals surface area contributed by atoms with E-state index in [0.29, 0.717) is 12.5 Å². The van der Waals surface area contributed by atoms with Gasteiger partial charge in [-0.05, 0) is 5.92 Å². The number of hydrogen-bond donors (Lipinski definition) is 1. The van der Waals surface area contributed by atoms with Gasteiger partial charge in [0, 0.05) is 27.2 Å². The molecule has 0 aromatic carbocycles. The fraction of sp³-hybridized carbons (Fsp3) is 0.812. The standard InChI is InChI=1S/C16H26N2O4/c1-6-11-8-18(15(19)12(17)7-10(2)3)14-13(11)22-9-16(14,20-4)21-5/h1,10-14H,7-9,17H2,2-5H3/p+1/t11?,12?,13?,14-/m0/s1. The molecule has 22 heavy (non-hydrogen) atoms. The Morgan fingerprint density at radius 3 is 2.64 bits per heavy atom. The van der Waals surface area contributed by atoms with E-state index in [2.05, 4.69) is 25.5 Å². The summed E-state index contributed by atoms with van der Waals surface area (Å²) in [6.07, 6.45) is 6.10. The highest BCUT2D eigenvalue weighted by molar-refractivity contribution is 5.81. The van der Waals surface area contributed by atoms with Gasteiger partial charge in [0.2, 0.25) is 5.79 Å². The van der Waals surface area contributed by atoms with Crippen molar-refractivity contribution in [3.8, 4) is 12.3 Å². The van der Waals surface area contributed by atoms with Crippen LogP contribution in [0, 0.1) is 24.2 Å². The Bertz CT molecular complexity index is 456. The van der Waals surface area contributed by atoms with Crippen molar-refractivity contribution in [2.75, 3.05) is 27.4 Å². The lowest BCUT2D eigenvalue weighted by atomic mass is 9.99. The average Bonchev–Trinajstić information content (AvgIpc) is 3.04. The molecule has 2 aliphatic heterocycles. The van der Waals surface area contributed by atoms with E-state index >= 15 is 0 Å². The summed E-state index contributed by atoms with van der Waals surface area (Å²) in [4.78, 5) is 14.6. The quantitative estimate of drug-likeness (QED) is 0.548. The van der Waals surface area contributed by atoms with E-state index in [1.165, 1.54) is 0 Å². The van der Waals surface area contributed by atoms with Crippen molar-refractivity contribution in [1.29, 1.82) is 0 Å². The number of terminal acetylenes is 1. The zero-order chi connectivity index (χ0) is 16.5. The van der Waals surface area contributed by atoms with Crippen LogP contribution in [0.2, 0.25) is 0 Å². The van der Waals surface area contributed by atoms with Gasteiger partial charge in [0.1, 0.15) is 12.6 Å². The molecule has 0 radical (unpaired) electrons. The molecule has 3 unspecified atom stereocenters. The molecule has 0 saturated carbocycles. The highest BCUT2D eigenvalue weighted by Gasteiger charge is 2.61. The lowest BCUT2D eigenvalue weighted by Gasteiger charge is -2.36. The number of nitrogens with zero attached hydrogens (tertiary/aromatic N) is 1. The first-order valence-electron chi connectivity index (χ1n) is 7.71. The molecule has 0 spiro atoms. The zero-order valence-corrected chi connectivity index (χ0v) is 13.9. The van der Waals surface area contributed by atoms with Gasteiger partial charge in [-0.2, -0.15) is 0 Å². The fourth-order valence-corrected chi connectivity index (χ4v) is 3.54. The van der Waals surface area contributed by atoms with Crippen LogP contribution in [-0.4, -0.2) is 62.2 Å². The molecule has 0 bridgehead atoms. The molecule has 4 atom stereocenters. The third kappa shape index (κ3) is 2.74. The minimum atomic E-state index is -0.955.